The molecular weight excluding hydrogens is 170 g/mol. The molecule has 0 aromatic carbocycles. The molecule has 0 bridgehead atoms. The Bertz CT molecular complexity index is 163. The highest BCUT2D eigenvalue weighted by atomic mass is 14.7. The van der Waals surface area contributed by atoms with Gasteiger partial charge in [0, 0.05) is 5.54 Å². The maximum atomic E-state index is 6.43. The summed E-state index contributed by atoms with van der Waals surface area (Å²) >= 11 is 0. The topological polar surface area (TPSA) is 26.0 Å². The van der Waals surface area contributed by atoms with Crippen molar-refractivity contribution in [2.75, 3.05) is 0 Å². The highest BCUT2D eigenvalue weighted by molar-refractivity contribution is 4.91. The molecule has 1 aliphatic rings. The fourth-order valence-corrected chi connectivity index (χ4v) is 2.77. The van der Waals surface area contributed by atoms with E-state index in [0.29, 0.717) is 0 Å². The maximum Gasteiger partial charge on any atom is 0.0154 e. The van der Waals surface area contributed by atoms with E-state index in [9.17, 15) is 0 Å². The molecule has 0 aliphatic heterocycles. The van der Waals surface area contributed by atoms with Gasteiger partial charge in [-0.05, 0) is 38.0 Å². The number of hydrogen-bond donors (Lipinski definition) is 1. The molecule has 0 aromatic heterocycles. The molecule has 1 aliphatic carbocycles. The predicted molar refractivity (Wildman–Crippen MR) is 63.2 cm³/mol. The Morgan fingerprint density at radius 3 is 2.50 bits per heavy atom. The summed E-state index contributed by atoms with van der Waals surface area (Å²) in [6.07, 6.45) is 9.30. The molecule has 1 saturated carbocycles. The van der Waals surface area contributed by atoms with Crippen LogP contribution in [-0.4, -0.2) is 5.54 Å². The van der Waals surface area contributed by atoms with Crippen LogP contribution >= 0.6 is 0 Å². The zero-order valence-electron chi connectivity index (χ0n) is 10.2. The summed E-state index contributed by atoms with van der Waals surface area (Å²) in [7, 11) is 0. The number of unbranched alkanes of at least 4 members (excludes halogenated alkanes) is 2. The number of hydrogen-bond acceptors (Lipinski definition) is 1. The summed E-state index contributed by atoms with van der Waals surface area (Å²) in [6, 6.07) is 0. The van der Waals surface area contributed by atoms with Crippen LogP contribution in [0.3, 0.4) is 0 Å². The standard InChI is InChI=1S/C13H27N/c1-4-5-6-9-13(3,14)12-8-7-11(2)10-12/h11-12H,4-10,14H2,1-3H3. The first-order valence-electron chi connectivity index (χ1n) is 6.35. The van der Waals surface area contributed by atoms with Crippen LogP contribution in [0, 0.1) is 11.8 Å². The molecule has 2 N–H and O–H groups in total. The van der Waals surface area contributed by atoms with Gasteiger partial charge < -0.3 is 5.73 Å². The van der Waals surface area contributed by atoms with E-state index < -0.39 is 0 Å². The van der Waals surface area contributed by atoms with Crippen LogP contribution in [0.4, 0.5) is 0 Å². The third-order valence-corrected chi connectivity index (χ3v) is 3.95. The molecule has 3 unspecified atom stereocenters. The van der Waals surface area contributed by atoms with Crippen LogP contribution in [0.5, 0.6) is 0 Å². The third-order valence-electron chi connectivity index (χ3n) is 3.95. The van der Waals surface area contributed by atoms with Crippen LogP contribution in [0.2, 0.25) is 0 Å². The lowest BCUT2D eigenvalue weighted by Crippen LogP contribution is -2.43. The Hall–Kier alpha value is -0.0400. The lowest BCUT2D eigenvalue weighted by molar-refractivity contribution is 0.267. The van der Waals surface area contributed by atoms with Crippen molar-refractivity contribution < 1.29 is 0 Å². The largest absolute Gasteiger partial charge is 0.325 e. The minimum absolute atomic E-state index is 0.111. The van der Waals surface area contributed by atoms with Gasteiger partial charge in [-0.2, -0.15) is 0 Å². The van der Waals surface area contributed by atoms with Gasteiger partial charge in [0.05, 0.1) is 0 Å². The van der Waals surface area contributed by atoms with Crippen LogP contribution in [0.25, 0.3) is 0 Å². The van der Waals surface area contributed by atoms with Crippen LogP contribution < -0.4 is 5.73 Å². The summed E-state index contributed by atoms with van der Waals surface area (Å²) < 4.78 is 0. The summed E-state index contributed by atoms with van der Waals surface area (Å²) in [4.78, 5) is 0. The second-order valence-electron chi connectivity index (χ2n) is 5.58. The van der Waals surface area contributed by atoms with Gasteiger partial charge in [0.2, 0.25) is 0 Å². The molecule has 14 heavy (non-hydrogen) atoms. The fraction of sp³-hybridized carbons (Fsp3) is 1.00. The SMILES string of the molecule is CCCCCC(C)(N)C1CCC(C)C1. The first kappa shape index (κ1) is 12.0. The Labute approximate surface area is 89.5 Å². The summed E-state index contributed by atoms with van der Waals surface area (Å²) in [5.41, 5.74) is 6.54. The summed E-state index contributed by atoms with van der Waals surface area (Å²) in [6.45, 7) is 6.89. The second-order valence-corrected chi connectivity index (χ2v) is 5.58. The van der Waals surface area contributed by atoms with E-state index in [1.807, 2.05) is 0 Å². The number of rotatable bonds is 5. The van der Waals surface area contributed by atoms with E-state index >= 15 is 0 Å². The molecule has 1 nitrogen and oxygen atoms in total. The average molecular weight is 197 g/mol. The highest BCUT2D eigenvalue weighted by Gasteiger charge is 2.34. The van der Waals surface area contributed by atoms with E-state index in [0.717, 1.165) is 11.8 Å². The van der Waals surface area contributed by atoms with Crippen LogP contribution in [0.15, 0.2) is 0 Å². The van der Waals surface area contributed by atoms with Crippen molar-refractivity contribution in [3.8, 4) is 0 Å². The molecule has 1 rings (SSSR count). The molecule has 0 heterocycles. The van der Waals surface area contributed by atoms with Crippen molar-refractivity contribution in [3.63, 3.8) is 0 Å². The van der Waals surface area contributed by atoms with Gasteiger partial charge in [-0.3, -0.25) is 0 Å². The smallest absolute Gasteiger partial charge is 0.0154 e. The minimum Gasteiger partial charge on any atom is -0.325 e. The monoisotopic (exact) mass is 197 g/mol. The van der Waals surface area contributed by atoms with Gasteiger partial charge in [-0.25, -0.2) is 0 Å². The molecule has 1 heteroatoms. The molecule has 0 amide bonds. The van der Waals surface area contributed by atoms with Crippen LogP contribution in [-0.2, 0) is 0 Å². The fourth-order valence-electron chi connectivity index (χ4n) is 2.77. The van der Waals surface area contributed by atoms with E-state index in [-0.39, 0.29) is 5.54 Å². The average Bonchev–Trinajstić information content (AvgIpc) is 2.53. The Morgan fingerprint density at radius 2 is 2.00 bits per heavy atom. The molecule has 0 radical (unpaired) electrons. The van der Waals surface area contributed by atoms with Crippen molar-refractivity contribution in [1.29, 1.82) is 0 Å². The van der Waals surface area contributed by atoms with E-state index in [4.69, 9.17) is 5.73 Å². The highest BCUT2D eigenvalue weighted by Crippen LogP contribution is 2.38. The summed E-state index contributed by atoms with van der Waals surface area (Å²) in [5.74, 6) is 1.70. The lowest BCUT2D eigenvalue weighted by atomic mass is 9.81. The summed E-state index contributed by atoms with van der Waals surface area (Å²) in [5, 5.41) is 0. The third kappa shape index (κ3) is 3.27. The van der Waals surface area contributed by atoms with Gasteiger partial charge in [0.25, 0.3) is 0 Å². The van der Waals surface area contributed by atoms with Crippen molar-refractivity contribution >= 4 is 0 Å². The van der Waals surface area contributed by atoms with E-state index in [2.05, 4.69) is 20.8 Å². The predicted octanol–water partition coefficient (Wildman–Crippen LogP) is 3.72. The van der Waals surface area contributed by atoms with Gasteiger partial charge in [-0.15, -0.1) is 0 Å². The second kappa shape index (κ2) is 5.16. The molecule has 84 valence electrons. The first-order chi connectivity index (χ1) is 6.56. The van der Waals surface area contributed by atoms with E-state index in [1.54, 1.807) is 0 Å². The quantitative estimate of drug-likeness (QED) is 0.668. The molecule has 0 saturated heterocycles. The zero-order chi connectivity index (χ0) is 10.6. The molecule has 3 atom stereocenters. The number of nitrogens with two attached hydrogens (primary N) is 1. The van der Waals surface area contributed by atoms with Gasteiger partial charge >= 0.3 is 0 Å². The zero-order valence-corrected chi connectivity index (χ0v) is 10.2. The van der Waals surface area contributed by atoms with Crippen molar-refractivity contribution in [3.05, 3.63) is 0 Å². The Morgan fingerprint density at radius 1 is 1.29 bits per heavy atom. The van der Waals surface area contributed by atoms with Gasteiger partial charge in [-0.1, -0.05) is 39.5 Å². The molecular formula is C13H27N. The minimum atomic E-state index is 0.111. The maximum absolute atomic E-state index is 6.43. The Balaban J connectivity index is 2.32. The van der Waals surface area contributed by atoms with E-state index in [1.165, 1.54) is 44.9 Å². The Kier molecular flexibility index (Phi) is 4.43. The molecule has 1 fully saturated rings. The normalized spacial score (nSPS) is 31.7. The molecule has 0 aromatic rings. The van der Waals surface area contributed by atoms with Crippen LogP contribution in [0.1, 0.15) is 65.7 Å². The van der Waals surface area contributed by atoms with Crippen molar-refractivity contribution in [2.24, 2.45) is 17.6 Å². The van der Waals surface area contributed by atoms with Crippen molar-refractivity contribution in [1.82, 2.24) is 0 Å². The van der Waals surface area contributed by atoms with Gasteiger partial charge in [0.1, 0.15) is 0 Å². The molecule has 0 spiro atoms. The first-order valence-corrected chi connectivity index (χ1v) is 6.35. The van der Waals surface area contributed by atoms with Gasteiger partial charge in [0.15, 0.2) is 0 Å². The lowest BCUT2D eigenvalue weighted by Gasteiger charge is -2.31. The van der Waals surface area contributed by atoms with Crippen molar-refractivity contribution in [2.45, 2.75) is 71.3 Å².